The fourth-order valence-corrected chi connectivity index (χ4v) is 3.79. The molecular weight excluding hydrogens is 292 g/mol. The predicted molar refractivity (Wildman–Crippen MR) is 88.2 cm³/mol. The van der Waals surface area contributed by atoms with Gasteiger partial charge in [-0.15, -0.1) is 0 Å². The molecule has 1 N–H and O–H groups in total. The number of carbonyl (C=O) groups excluding carboxylic acids is 1. The Kier molecular flexibility index (Phi) is 5.67. The summed E-state index contributed by atoms with van der Waals surface area (Å²) in [5.74, 6) is 0.791. The summed E-state index contributed by atoms with van der Waals surface area (Å²) in [6.45, 7) is 5.07. The fraction of sp³-hybridized carbons (Fsp3) is 0.765. The summed E-state index contributed by atoms with van der Waals surface area (Å²) >= 11 is 0. The molecule has 0 spiro atoms. The van der Waals surface area contributed by atoms with Crippen LogP contribution in [0, 0.1) is 0 Å². The summed E-state index contributed by atoms with van der Waals surface area (Å²) in [6.07, 6.45) is 7.51. The number of aromatic nitrogens is 2. The summed E-state index contributed by atoms with van der Waals surface area (Å²) in [6, 6.07) is 2.06. The monoisotopic (exact) mass is 320 g/mol. The van der Waals surface area contributed by atoms with E-state index in [1.165, 1.54) is 12.1 Å². The Morgan fingerprint density at radius 2 is 1.91 bits per heavy atom. The van der Waals surface area contributed by atoms with E-state index >= 15 is 0 Å². The molecule has 23 heavy (non-hydrogen) atoms. The predicted octanol–water partition coefficient (Wildman–Crippen LogP) is 1.07. The second kappa shape index (κ2) is 7.93. The first-order valence-corrected chi connectivity index (χ1v) is 8.90. The Balaban J connectivity index is 1.48. The van der Waals surface area contributed by atoms with Crippen molar-refractivity contribution >= 4 is 5.91 Å². The highest BCUT2D eigenvalue weighted by atomic mass is 16.3. The molecule has 6 nitrogen and oxygen atoms in total. The maximum Gasteiger partial charge on any atom is 0.236 e. The molecule has 0 saturated carbocycles. The van der Waals surface area contributed by atoms with Crippen LogP contribution in [0.25, 0.3) is 0 Å². The number of hydrogen-bond acceptors (Lipinski definition) is 4. The third-order valence-corrected chi connectivity index (χ3v) is 5.13. The molecule has 0 radical (unpaired) electrons. The molecule has 0 bridgehead atoms. The van der Waals surface area contributed by atoms with Crippen LogP contribution in [0.3, 0.4) is 0 Å². The molecule has 0 aliphatic carbocycles. The first kappa shape index (κ1) is 16.5. The lowest BCUT2D eigenvalue weighted by Gasteiger charge is -2.34. The number of hydrogen-bond donors (Lipinski definition) is 1. The van der Waals surface area contributed by atoms with Crippen molar-refractivity contribution in [3.05, 3.63) is 18.0 Å². The van der Waals surface area contributed by atoms with Gasteiger partial charge in [-0.3, -0.25) is 14.4 Å². The molecule has 2 fully saturated rings. The van der Waals surface area contributed by atoms with Crippen LogP contribution in [-0.4, -0.2) is 69.9 Å². The van der Waals surface area contributed by atoms with E-state index in [2.05, 4.69) is 16.1 Å². The molecule has 1 aromatic heterocycles. The van der Waals surface area contributed by atoms with E-state index in [-0.39, 0.29) is 6.61 Å². The highest BCUT2D eigenvalue weighted by molar-refractivity contribution is 5.78. The van der Waals surface area contributed by atoms with Gasteiger partial charge >= 0.3 is 0 Å². The van der Waals surface area contributed by atoms with Crippen molar-refractivity contribution in [1.82, 2.24) is 19.6 Å². The lowest BCUT2D eigenvalue weighted by molar-refractivity contribution is -0.133. The molecule has 128 valence electrons. The van der Waals surface area contributed by atoms with Gasteiger partial charge in [0, 0.05) is 30.9 Å². The number of aliphatic hydroxyl groups excluding tert-OH is 1. The standard InChI is InChI=1S/C17H28N4O2/c22-13-12-21-16(4-7-18-21)15-5-10-19(11-6-15)14-17(23)20-8-2-1-3-9-20/h4,7,15,22H,1-3,5-6,8-14H2. The normalized spacial score (nSPS) is 20.8. The fourth-order valence-electron chi connectivity index (χ4n) is 3.79. The molecular formula is C17H28N4O2. The van der Waals surface area contributed by atoms with Crippen molar-refractivity contribution in [1.29, 1.82) is 0 Å². The van der Waals surface area contributed by atoms with Crippen molar-refractivity contribution in [2.24, 2.45) is 0 Å². The van der Waals surface area contributed by atoms with E-state index in [0.29, 0.717) is 24.9 Å². The molecule has 3 rings (SSSR count). The first-order valence-electron chi connectivity index (χ1n) is 8.90. The van der Waals surface area contributed by atoms with Gasteiger partial charge in [0.05, 0.1) is 19.7 Å². The van der Waals surface area contributed by atoms with Gasteiger partial charge in [-0.1, -0.05) is 0 Å². The maximum atomic E-state index is 12.4. The van der Waals surface area contributed by atoms with E-state index in [9.17, 15) is 4.79 Å². The van der Waals surface area contributed by atoms with E-state index in [4.69, 9.17) is 5.11 Å². The maximum absolute atomic E-state index is 12.4. The van der Waals surface area contributed by atoms with E-state index in [1.807, 2.05) is 15.8 Å². The quantitative estimate of drug-likeness (QED) is 0.881. The van der Waals surface area contributed by atoms with E-state index in [1.54, 1.807) is 0 Å². The molecule has 0 aromatic carbocycles. The Bertz CT molecular complexity index is 502. The summed E-state index contributed by atoms with van der Waals surface area (Å²) in [5.41, 5.74) is 1.22. The van der Waals surface area contributed by atoms with Gasteiger partial charge < -0.3 is 10.0 Å². The molecule has 2 aliphatic rings. The Labute approximate surface area is 138 Å². The first-order chi connectivity index (χ1) is 11.3. The molecule has 2 saturated heterocycles. The molecule has 6 heteroatoms. The lowest BCUT2D eigenvalue weighted by Crippen LogP contribution is -2.45. The van der Waals surface area contributed by atoms with Crippen LogP contribution in [-0.2, 0) is 11.3 Å². The van der Waals surface area contributed by atoms with Gasteiger partial charge in [0.1, 0.15) is 0 Å². The van der Waals surface area contributed by atoms with Crippen LogP contribution in [0.15, 0.2) is 12.3 Å². The zero-order chi connectivity index (χ0) is 16.1. The largest absolute Gasteiger partial charge is 0.394 e. The summed E-state index contributed by atoms with van der Waals surface area (Å²) < 4.78 is 1.92. The van der Waals surface area contributed by atoms with Gasteiger partial charge in [0.2, 0.25) is 5.91 Å². The summed E-state index contributed by atoms with van der Waals surface area (Å²) in [4.78, 5) is 16.7. The Morgan fingerprint density at radius 3 is 2.61 bits per heavy atom. The minimum atomic E-state index is 0.123. The van der Waals surface area contributed by atoms with Crippen LogP contribution in [0.5, 0.6) is 0 Å². The number of likely N-dealkylation sites (tertiary alicyclic amines) is 2. The van der Waals surface area contributed by atoms with Crippen LogP contribution < -0.4 is 0 Å². The average molecular weight is 320 g/mol. The molecule has 1 amide bonds. The number of nitrogens with zero attached hydrogens (tertiary/aromatic N) is 4. The van der Waals surface area contributed by atoms with Gasteiger partial charge in [-0.05, 0) is 51.3 Å². The number of amides is 1. The number of carbonyl (C=O) groups is 1. The topological polar surface area (TPSA) is 61.6 Å². The van der Waals surface area contributed by atoms with Gasteiger partial charge in [-0.2, -0.15) is 5.10 Å². The Morgan fingerprint density at radius 1 is 1.17 bits per heavy atom. The lowest BCUT2D eigenvalue weighted by atomic mass is 9.93. The number of piperidine rings is 2. The van der Waals surface area contributed by atoms with Crippen molar-refractivity contribution in [2.75, 3.05) is 39.3 Å². The molecule has 2 aliphatic heterocycles. The van der Waals surface area contributed by atoms with Gasteiger partial charge in [-0.25, -0.2) is 0 Å². The number of aliphatic hydroxyl groups is 1. The van der Waals surface area contributed by atoms with E-state index in [0.717, 1.165) is 51.9 Å². The smallest absolute Gasteiger partial charge is 0.236 e. The molecule has 0 unspecified atom stereocenters. The second-order valence-corrected chi connectivity index (χ2v) is 6.69. The van der Waals surface area contributed by atoms with Gasteiger partial charge in [0.15, 0.2) is 0 Å². The zero-order valence-electron chi connectivity index (χ0n) is 13.9. The van der Waals surface area contributed by atoms with E-state index < -0.39 is 0 Å². The minimum absolute atomic E-state index is 0.123. The highest BCUT2D eigenvalue weighted by Gasteiger charge is 2.26. The average Bonchev–Trinajstić information content (AvgIpc) is 3.05. The highest BCUT2D eigenvalue weighted by Crippen LogP contribution is 2.27. The third kappa shape index (κ3) is 4.12. The van der Waals surface area contributed by atoms with Crippen LogP contribution >= 0.6 is 0 Å². The van der Waals surface area contributed by atoms with Crippen molar-refractivity contribution in [3.63, 3.8) is 0 Å². The van der Waals surface area contributed by atoms with Crippen LogP contribution in [0.4, 0.5) is 0 Å². The summed E-state index contributed by atoms with van der Waals surface area (Å²) in [7, 11) is 0. The Hall–Kier alpha value is -1.40. The summed E-state index contributed by atoms with van der Waals surface area (Å²) in [5, 5.41) is 13.4. The van der Waals surface area contributed by atoms with Crippen LogP contribution in [0.1, 0.15) is 43.7 Å². The van der Waals surface area contributed by atoms with Crippen LogP contribution in [0.2, 0.25) is 0 Å². The van der Waals surface area contributed by atoms with Crippen molar-refractivity contribution in [2.45, 2.75) is 44.6 Å². The van der Waals surface area contributed by atoms with Crippen molar-refractivity contribution < 1.29 is 9.90 Å². The second-order valence-electron chi connectivity index (χ2n) is 6.69. The number of rotatable bonds is 5. The van der Waals surface area contributed by atoms with Crippen molar-refractivity contribution in [3.8, 4) is 0 Å². The third-order valence-electron chi connectivity index (χ3n) is 5.13. The minimum Gasteiger partial charge on any atom is -0.394 e. The molecule has 0 atom stereocenters. The molecule has 3 heterocycles. The zero-order valence-corrected chi connectivity index (χ0v) is 13.9. The molecule has 1 aromatic rings. The van der Waals surface area contributed by atoms with Gasteiger partial charge in [0.25, 0.3) is 0 Å². The SMILES string of the molecule is O=C(CN1CCC(c2ccnn2CCO)CC1)N1CCCCC1.